The van der Waals surface area contributed by atoms with Gasteiger partial charge in [0.2, 0.25) is 0 Å². The quantitative estimate of drug-likeness (QED) is 0.189. The molecule has 0 fully saturated rings. The van der Waals surface area contributed by atoms with E-state index in [1.165, 1.54) is 11.1 Å². The number of ketones is 1. The number of nitrogens with two attached hydrogens (primary N) is 2. The SMILES string of the molecule is C=C(C)CCC=C(C)C.C=C(C)CCOC1C=C(CN(N)/C=C(\N)c2ccccc2)[C@H]2CC(=O)C(C)=CC2O1. The Labute approximate surface area is 235 Å². The highest BCUT2D eigenvalue weighted by atomic mass is 16.7. The third-order valence-electron chi connectivity index (χ3n) is 6.49. The van der Waals surface area contributed by atoms with Gasteiger partial charge in [-0.1, -0.05) is 53.1 Å². The van der Waals surface area contributed by atoms with Crippen LogP contribution in [0.1, 0.15) is 65.9 Å². The summed E-state index contributed by atoms with van der Waals surface area (Å²) in [6, 6.07) is 9.66. The van der Waals surface area contributed by atoms with E-state index in [9.17, 15) is 4.79 Å². The molecular formula is C33H47N3O3. The van der Waals surface area contributed by atoms with E-state index in [4.69, 9.17) is 21.1 Å². The van der Waals surface area contributed by atoms with E-state index < -0.39 is 6.29 Å². The van der Waals surface area contributed by atoms with Crippen LogP contribution in [-0.2, 0) is 14.3 Å². The highest BCUT2D eigenvalue weighted by molar-refractivity contribution is 5.96. The number of rotatable bonds is 11. The first-order valence-electron chi connectivity index (χ1n) is 13.6. The molecule has 1 heterocycles. The summed E-state index contributed by atoms with van der Waals surface area (Å²) in [6.45, 7) is 18.8. The number of hydrogen-bond donors (Lipinski definition) is 2. The van der Waals surface area contributed by atoms with Crippen LogP contribution in [0.3, 0.4) is 0 Å². The lowest BCUT2D eigenvalue weighted by Gasteiger charge is -2.38. The maximum absolute atomic E-state index is 12.3. The van der Waals surface area contributed by atoms with Crippen molar-refractivity contribution in [2.24, 2.45) is 17.5 Å². The molecule has 3 atom stereocenters. The number of nitrogens with zero attached hydrogens (tertiary/aromatic N) is 1. The molecule has 212 valence electrons. The Morgan fingerprint density at radius 1 is 1.10 bits per heavy atom. The zero-order chi connectivity index (χ0) is 28.9. The Morgan fingerprint density at radius 2 is 1.77 bits per heavy atom. The molecule has 6 heteroatoms. The Kier molecular flexibility index (Phi) is 13.2. The minimum absolute atomic E-state index is 0.0559. The number of hydrogen-bond acceptors (Lipinski definition) is 6. The lowest BCUT2D eigenvalue weighted by molar-refractivity contribution is -0.153. The monoisotopic (exact) mass is 533 g/mol. The number of ether oxygens (including phenoxy) is 2. The van der Waals surface area contributed by atoms with Crippen LogP contribution in [-0.4, -0.2) is 36.3 Å². The number of carbonyl (C=O) groups excluding carboxylic acids is 1. The van der Waals surface area contributed by atoms with Crippen LogP contribution < -0.4 is 11.6 Å². The molecule has 0 amide bonds. The fourth-order valence-electron chi connectivity index (χ4n) is 4.26. The fraction of sp³-hybridized carbons (Fsp3) is 0.424. The maximum Gasteiger partial charge on any atom is 0.177 e. The lowest BCUT2D eigenvalue weighted by Crippen LogP contribution is -2.42. The maximum atomic E-state index is 12.3. The van der Waals surface area contributed by atoms with E-state index in [-0.39, 0.29) is 17.8 Å². The average Bonchev–Trinajstić information content (AvgIpc) is 2.85. The van der Waals surface area contributed by atoms with Gasteiger partial charge in [0.25, 0.3) is 0 Å². The van der Waals surface area contributed by atoms with Crippen LogP contribution >= 0.6 is 0 Å². The Bertz CT molecular complexity index is 1110. The summed E-state index contributed by atoms with van der Waals surface area (Å²) in [5, 5.41) is 1.55. The number of carbonyl (C=O) groups is 1. The van der Waals surface area contributed by atoms with Gasteiger partial charge < -0.3 is 20.2 Å². The van der Waals surface area contributed by atoms with Gasteiger partial charge >= 0.3 is 0 Å². The summed E-state index contributed by atoms with van der Waals surface area (Å²) in [5.74, 6) is 6.33. The van der Waals surface area contributed by atoms with E-state index in [1.807, 2.05) is 56.3 Å². The second-order valence-corrected chi connectivity index (χ2v) is 10.8. The van der Waals surface area contributed by atoms with E-state index in [2.05, 4.69) is 40.0 Å². The molecule has 4 N–H and O–H groups in total. The average molecular weight is 534 g/mol. The molecule has 0 bridgehead atoms. The fourth-order valence-corrected chi connectivity index (χ4v) is 4.26. The molecular weight excluding hydrogens is 486 g/mol. The third-order valence-corrected chi connectivity index (χ3v) is 6.49. The van der Waals surface area contributed by atoms with Crippen molar-refractivity contribution in [3.63, 3.8) is 0 Å². The largest absolute Gasteiger partial charge is 0.397 e. The first-order valence-corrected chi connectivity index (χ1v) is 13.6. The van der Waals surface area contributed by atoms with E-state index >= 15 is 0 Å². The van der Waals surface area contributed by atoms with E-state index in [1.54, 1.807) is 11.2 Å². The third kappa shape index (κ3) is 11.6. The van der Waals surface area contributed by atoms with Gasteiger partial charge in [-0.15, -0.1) is 13.2 Å². The minimum atomic E-state index is -0.485. The lowest BCUT2D eigenvalue weighted by atomic mass is 9.80. The van der Waals surface area contributed by atoms with Gasteiger partial charge in [0, 0.05) is 18.5 Å². The summed E-state index contributed by atoms with van der Waals surface area (Å²) < 4.78 is 12.0. The summed E-state index contributed by atoms with van der Waals surface area (Å²) in [7, 11) is 0. The normalized spacial score (nSPS) is 20.5. The minimum Gasteiger partial charge on any atom is -0.397 e. The topological polar surface area (TPSA) is 90.8 Å². The second kappa shape index (κ2) is 16.0. The molecule has 1 aliphatic heterocycles. The Morgan fingerprint density at radius 3 is 2.38 bits per heavy atom. The van der Waals surface area contributed by atoms with Gasteiger partial charge in [0.15, 0.2) is 12.1 Å². The molecule has 6 nitrogen and oxygen atoms in total. The molecule has 0 aromatic heterocycles. The number of fused-ring (bicyclic) bond motifs is 1. The molecule has 0 saturated heterocycles. The smallest absolute Gasteiger partial charge is 0.177 e. The van der Waals surface area contributed by atoms with Crippen LogP contribution in [0.5, 0.6) is 0 Å². The van der Waals surface area contributed by atoms with Crippen LogP contribution in [0.15, 0.2) is 95.8 Å². The second-order valence-electron chi connectivity index (χ2n) is 10.8. The van der Waals surface area contributed by atoms with Crippen molar-refractivity contribution in [3.8, 4) is 0 Å². The Balaban J connectivity index is 0.000000510. The molecule has 0 saturated carbocycles. The molecule has 1 aliphatic carbocycles. The van der Waals surface area contributed by atoms with Crippen molar-refractivity contribution in [1.29, 1.82) is 0 Å². The zero-order valence-electron chi connectivity index (χ0n) is 24.4. The van der Waals surface area contributed by atoms with Crippen molar-refractivity contribution in [3.05, 3.63) is 101 Å². The molecule has 1 aromatic carbocycles. The van der Waals surface area contributed by atoms with Gasteiger partial charge in [-0.05, 0) is 82.7 Å². The van der Waals surface area contributed by atoms with Crippen molar-refractivity contribution < 1.29 is 14.3 Å². The summed E-state index contributed by atoms with van der Waals surface area (Å²) in [6.07, 6.45) is 10.6. The highest BCUT2D eigenvalue weighted by Crippen LogP contribution is 2.35. The number of hydrazine groups is 1. The Hall–Kier alpha value is -3.19. The van der Waals surface area contributed by atoms with E-state index in [0.717, 1.165) is 41.5 Å². The predicted octanol–water partition coefficient (Wildman–Crippen LogP) is 6.60. The van der Waals surface area contributed by atoms with Crippen LogP contribution in [0.4, 0.5) is 0 Å². The molecule has 3 rings (SSSR count). The summed E-state index contributed by atoms with van der Waals surface area (Å²) in [4.78, 5) is 12.3. The summed E-state index contributed by atoms with van der Waals surface area (Å²) >= 11 is 0. The van der Waals surface area contributed by atoms with Crippen LogP contribution in [0.2, 0.25) is 0 Å². The standard InChI is InChI=1S/C24H31N3O3.C9H16/c1-16(2)9-10-29-24-12-19(20-13-22(28)17(3)11-23(20)30-24)14-27(26)15-21(25)18-7-5-4-6-8-18;1-8(2)6-5-7-9(3)4/h4-8,11-12,15,20,23-24H,1,9-10,13-14,25-26H2,2-3H3;7H,1,5-6H2,2-4H3/b21-15-;/t20-,23?,24?;/m1./s1. The van der Waals surface area contributed by atoms with Crippen molar-refractivity contribution >= 4 is 11.5 Å². The molecule has 2 unspecified atom stereocenters. The molecule has 0 radical (unpaired) electrons. The molecule has 2 aliphatic rings. The molecule has 0 spiro atoms. The number of allylic oxidation sites excluding steroid dienone is 4. The first kappa shape index (κ1) is 32.0. The van der Waals surface area contributed by atoms with Crippen LogP contribution in [0.25, 0.3) is 5.70 Å². The van der Waals surface area contributed by atoms with Crippen LogP contribution in [0, 0.1) is 5.92 Å². The van der Waals surface area contributed by atoms with Crippen molar-refractivity contribution in [1.82, 2.24) is 5.01 Å². The molecule has 1 aromatic rings. The van der Waals surface area contributed by atoms with Gasteiger partial charge in [0.1, 0.15) is 0 Å². The number of benzene rings is 1. The van der Waals surface area contributed by atoms with Crippen molar-refractivity contribution in [2.75, 3.05) is 13.2 Å². The summed E-state index contributed by atoms with van der Waals surface area (Å²) in [5.41, 5.74) is 13.1. The van der Waals surface area contributed by atoms with Gasteiger partial charge in [-0.25, -0.2) is 5.84 Å². The van der Waals surface area contributed by atoms with Gasteiger partial charge in [-0.3, -0.25) is 4.79 Å². The van der Waals surface area contributed by atoms with Crippen molar-refractivity contribution in [2.45, 2.75) is 72.7 Å². The van der Waals surface area contributed by atoms with Gasteiger partial charge in [0.05, 0.1) is 25.0 Å². The number of Topliss-reactive ketones (excluding diaryl/α,β-unsaturated/α-hetero) is 1. The molecule has 39 heavy (non-hydrogen) atoms. The predicted molar refractivity (Wildman–Crippen MR) is 162 cm³/mol. The van der Waals surface area contributed by atoms with Gasteiger partial charge in [-0.2, -0.15) is 0 Å². The first-order chi connectivity index (χ1) is 18.5. The van der Waals surface area contributed by atoms with E-state index in [0.29, 0.717) is 25.3 Å². The highest BCUT2D eigenvalue weighted by Gasteiger charge is 2.37. The zero-order valence-corrected chi connectivity index (χ0v) is 24.4.